The Morgan fingerprint density at radius 1 is 0.897 bits per heavy atom. The molecule has 4 rings (SSSR count). The highest BCUT2D eigenvalue weighted by Crippen LogP contribution is 2.42. The van der Waals surface area contributed by atoms with E-state index in [0.29, 0.717) is 5.69 Å². The first-order valence-corrected chi connectivity index (χ1v) is 9.22. The van der Waals surface area contributed by atoms with E-state index in [1.54, 1.807) is 18.1 Å². The highest BCUT2D eigenvalue weighted by atomic mass is 19.4. The SMILES string of the molecule is CN(Cc1ccccc1C(F)(F)F)N1C(=O)[C@H](c2ccccc2)c2ccccc21. The summed E-state index contributed by atoms with van der Waals surface area (Å²) >= 11 is 0. The fraction of sp³-hybridized carbons (Fsp3) is 0.174. The molecule has 0 spiro atoms. The molecule has 3 aromatic rings. The van der Waals surface area contributed by atoms with Crippen LogP contribution in [0.2, 0.25) is 0 Å². The molecule has 1 atom stereocenters. The number of hydrazine groups is 1. The number of alkyl halides is 3. The summed E-state index contributed by atoms with van der Waals surface area (Å²) in [5, 5.41) is 3.04. The summed E-state index contributed by atoms with van der Waals surface area (Å²) in [7, 11) is 1.63. The van der Waals surface area contributed by atoms with E-state index in [4.69, 9.17) is 0 Å². The Balaban J connectivity index is 1.70. The van der Waals surface area contributed by atoms with Crippen molar-refractivity contribution in [2.75, 3.05) is 12.1 Å². The van der Waals surface area contributed by atoms with Gasteiger partial charge in [-0.3, -0.25) is 4.79 Å². The van der Waals surface area contributed by atoms with Crippen LogP contribution in [0.15, 0.2) is 78.9 Å². The Morgan fingerprint density at radius 2 is 1.52 bits per heavy atom. The molecular weight excluding hydrogens is 377 g/mol. The van der Waals surface area contributed by atoms with Crippen LogP contribution in [0.5, 0.6) is 0 Å². The summed E-state index contributed by atoms with van der Waals surface area (Å²) in [6.07, 6.45) is -4.45. The molecular formula is C23H19F3N2O. The van der Waals surface area contributed by atoms with Gasteiger partial charge in [0.1, 0.15) is 0 Å². The third-order valence-corrected chi connectivity index (χ3v) is 5.13. The molecule has 3 aromatic carbocycles. The van der Waals surface area contributed by atoms with E-state index >= 15 is 0 Å². The predicted octanol–water partition coefficient (Wildman–Crippen LogP) is 5.23. The van der Waals surface area contributed by atoms with E-state index in [2.05, 4.69) is 0 Å². The number of hydrogen-bond acceptors (Lipinski definition) is 2. The second-order valence-electron chi connectivity index (χ2n) is 7.02. The van der Waals surface area contributed by atoms with Gasteiger partial charge in [-0.05, 0) is 28.8 Å². The van der Waals surface area contributed by atoms with E-state index < -0.39 is 17.7 Å². The van der Waals surface area contributed by atoms with Crippen molar-refractivity contribution in [2.24, 2.45) is 0 Å². The Kier molecular flexibility index (Phi) is 4.88. The molecule has 0 unspecified atom stereocenters. The maximum atomic E-state index is 13.4. The standard InChI is InChI=1S/C23H19F3N2O/c1-27(15-17-11-5-7-13-19(17)23(24,25)26)28-20-14-8-6-12-18(20)21(22(28)29)16-9-3-2-4-10-16/h2-14,21H,15H2,1H3/t21-/m1/s1. The summed E-state index contributed by atoms with van der Waals surface area (Å²) in [6, 6.07) is 22.3. The average Bonchev–Trinajstić information content (AvgIpc) is 3.00. The minimum absolute atomic E-state index is 0.0444. The predicted molar refractivity (Wildman–Crippen MR) is 105 cm³/mol. The third-order valence-electron chi connectivity index (χ3n) is 5.13. The lowest BCUT2D eigenvalue weighted by molar-refractivity contribution is -0.138. The molecule has 1 heterocycles. The molecule has 0 N–H and O–H groups in total. The van der Waals surface area contributed by atoms with Crippen molar-refractivity contribution in [3.05, 3.63) is 101 Å². The van der Waals surface area contributed by atoms with Crippen molar-refractivity contribution in [2.45, 2.75) is 18.6 Å². The second kappa shape index (κ2) is 7.37. The molecule has 6 heteroatoms. The van der Waals surface area contributed by atoms with Gasteiger partial charge in [0.05, 0.1) is 17.2 Å². The van der Waals surface area contributed by atoms with Crippen molar-refractivity contribution in [3.63, 3.8) is 0 Å². The lowest BCUT2D eigenvalue weighted by Gasteiger charge is -2.30. The molecule has 29 heavy (non-hydrogen) atoms. The molecule has 0 radical (unpaired) electrons. The zero-order valence-corrected chi connectivity index (χ0v) is 15.7. The van der Waals surface area contributed by atoms with E-state index in [0.717, 1.165) is 17.2 Å². The summed E-state index contributed by atoms with van der Waals surface area (Å²) < 4.78 is 40.1. The quantitative estimate of drug-likeness (QED) is 0.603. The van der Waals surface area contributed by atoms with Gasteiger partial charge in [-0.2, -0.15) is 13.2 Å². The molecule has 0 aromatic heterocycles. The Labute approximate surface area is 167 Å². The number of fused-ring (bicyclic) bond motifs is 1. The van der Waals surface area contributed by atoms with Crippen LogP contribution in [0.3, 0.4) is 0 Å². The van der Waals surface area contributed by atoms with Crippen LogP contribution < -0.4 is 5.01 Å². The summed E-state index contributed by atoms with van der Waals surface area (Å²) in [5.74, 6) is -0.655. The fourth-order valence-electron chi connectivity index (χ4n) is 3.87. The third kappa shape index (κ3) is 3.51. The minimum atomic E-state index is -4.45. The number of para-hydroxylation sites is 1. The summed E-state index contributed by atoms with van der Waals surface area (Å²) in [6.45, 7) is -0.0444. The Hall–Kier alpha value is -3.12. The zero-order valence-electron chi connectivity index (χ0n) is 15.7. The van der Waals surface area contributed by atoms with Crippen molar-refractivity contribution in [1.29, 1.82) is 0 Å². The largest absolute Gasteiger partial charge is 0.416 e. The molecule has 148 valence electrons. The molecule has 0 bridgehead atoms. The molecule has 1 aliphatic rings. The second-order valence-corrected chi connectivity index (χ2v) is 7.02. The molecule has 3 nitrogen and oxygen atoms in total. The van der Waals surface area contributed by atoms with Gasteiger partial charge in [0.25, 0.3) is 5.91 Å². The van der Waals surface area contributed by atoms with E-state index in [-0.39, 0.29) is 18.0 Å². The van der Waals surface area contributed by atoms with Crippen molar-refractivity contribution in [1.82, 2.24) is 5.01 Å². The lowest BCUT2D eigenvalue weighted by atomic mass is 9.93. The fourth-order valence-corrected chi connectivity index (χ4v) is 3.87. The molecule has 0 saturated carbocycles. The van der Waals surface area contributed by atoms with Crippen molar-refractivity contribution < 1.29 is 18.0 Å². The monoisotopic (exact) mass is 396 g/mol. The summed E-state index contributed by atoms with van der Waals surface area (Å²) in [4.78, 5) is 13.3. The first-order chi connectivity index (χ1) is 13.9. The smallest absolute Gasteiger partial charge is 0.272 e. The van der Waals surface area contributed by atoms with Crippen LogP contribution in [0.25, 0.3) is 0 Å². The van der Waals surface area contributed by atoms with Gasteiger partial charge in [0.2, 0.25) is 0 Å². The first-order valence-electron chi connectivity index (χ1n) is 9.22. The van der Waals surface area contributed by atoms with Crippen molar-refractivity contribution in [3.8, 4) is 0 Å². The van der Waals surface area contributed by atoms with Gasteiger partial charge in [-0.15, -0.1) is 0 Å². The van der Waals surface area contributed by atoms with Gasteiger partial charge in [-0.25, -0.2) is 10.0 Å². The van der Waals surface area contributed by atoms with Gasteiger partial charge in [0.15, 0.2) is 0 Å². The number of hydrogen-bond donors (Lipinski definition) is 0. The maximum absolute atomic E-state index is 13.4. The van der Waals surface area contributed by atoms with Crippen LogP contribution in [0, 0.1) is 0 Å². The lowest BCUT2D eigenvalue weighted by Crippen LogP contribution is -2.43. The number of rotatable bonds is 4. The zero-order chi connectivity index (χ0) is 20.6. The molecule has 1 amide bonds. The van der Waals surface area contributed by atoms with Gasteiger partial charge in [-0.1, -0.05) is 66.7 Å². The Bertz CT molecular complexity index is 1030. The number of anilines is 1. The molecule has 0 saturated heterocycles. The van der Waals surface area contributed by atoms with E-state index in [1.165, 1.54) is 17.1 Å². The van der Waals surface area contributed by atoms with Crippen molar-refractivity contribution >= 4 is 11.6 Å². The number of amides is 1. The number of nitrogens with zero attached hydrogens (tertiary/aromatic N) is 2. The van der Waals surface area contributed by atoms with Gasteiger partial charge < -0.3 is 0 Å². The number of carbonyl (C=O) groups is 1. The average molecular weight is 396 g/mol. The molecule has 0 fully saturated rings. The van der Waals surface area contributed by atoms with Crippen LogP contribution in [-0.4, -0.2) is 18.0 Å². The Morgan fingerprint density at radius 3 is 2.24 bits per heavy atom. The highest BCUT2D eigenvalue weighted by Gasteiger charge is 2.40. The molecule has 1 aliphatic heterocycles. The topological polar surface area (TPSA) is 23.6 Å². The van der Waals surface area contributed by atoms with Crippen LogP contribution in [0.1, 0.15) is 28.2 Å². The number of halogens is 3. The van der Waals surface area contributed by atoms with Gasteiger partial charge in [0, 0.05) is 13.6 Å². The maximum Gasteiger partial charge on any atom is 0.416 e. The first kappa shape index (κ1) is 19.2. The van der Waals surface area contributed by atoms with Crippen LogP contribution in [0.4, 0.5) is 18.9 Å². The highest BCUT2D eigenvalue weighted by molar-refractivity contribution is 6.06. The van der Waals surface area contributed by atoms with Crippen LogP contribution >= 0.6 is 0 Å². The van der Waals surface area contributed by atoms with Crippen LogP contribution in [-0.2, 0) is 17.5 Å². The minimum Gasteiger partial charge on any atom is -0.272 e. The normalized spacial score (nSPS) is 16.4. The number of carbonyl (C=O) groups excluding carboxylic acids is 1. The number of benzene rings is 3. The van der Waals surface area contributed by atoms with E-state index in [1.807, 2.05) is 54.6 Å². The van der Waals surface area contributed by atoms with Gasteiger partial charge >= 0.3 is 6.18 Å². The molecule has 0 aliphatic carbocycles. The van der Waals surface area contributed by atoms with E-state index in [9.17, 15) is 18.0 Å². The summed E-state index contributed by atoms with van der Waals surface area (Å²) in [5.41, 5.74) is 1.83.